The van der Waals surface area contributed by atoms with Crippen LogP contribution in [-0.2, 0) is 10.0 Å². The van der Waals surface area contributed by atoms with Crippen molar-refractivity contribution >= 4 is 49.9 Å². The fraction of sp³-hybridized carbons (Fsp3) is 0.190. The SMILES string of the molecule is Cc1cc(Nc2cc(Nc3ccccc3N(C)S(C)(=O)=O)c3nc(C(F)F)[nH]c3n2)ncc1F. The molecule has 3 heterocycles. The molecule has 0 fully saturated rings. The van der Waals surface area contributed by atoms with E-state index in [4.69, 9.17) is 0 Å². The number of para-hydroxylation sites is 2. The summed E-state index contributed by atoms with van der Waals surface area (Å²) >= 11 is 0. The van der Waals surface area contributed by atoms with Crippen molar-refractivity contribution in [3.8, 4) is 0 Å². The number of nitrogens with one attached hydrogen (secondary N) is 3. The Morgan fingerprint density at radius 3 is 2.47 bits per heavy atom. The van der Waals surface area contributed by atoms with Crippen LogP contribution in [-0.4, -0.2) is 41.7 Å². The normalized spacial score (nSPS) is 11.7. The molecular formula is C21H20F3N7O2S. The van der Waals surface area contributed by atoms with E-state index in [0.717, 1.165) is 16.8 Å². The van der Waals surface area contributed by atoms with Gasteiger partial charge in [0.1, 0.15) is 23.0 Å². The first kappa shape index (κ1) is 23.3. The van der Waals surface area contributed by atoms with Gasteiger partial charge in [0.25, 0.3) is 6.43 Å². The fourth-order valence-electron chi connectivity index (χ4n) is 3.19. The molecule has 3 N–H and O–H groups in total. The Kier molecular flexibility index (Phi) is 6.04. The Morgan fingerprint density at radius 2 is 1.79 bits per heavy atom. The number of pyridine rings is 2. The van der Waals surface area contributed by atoms with Crippen LogP contribution in [0.15, 0.2) is 42.6 Å². The molecule has 0 saturated carbocycles. The third-order valence-corrected chi connectivity index (χ3v) is 6.18. The second-order valence-electron chi connectivity index (χ2n) is 7.49. The molecule has 178 valence electrons. The van der Waals surface area contributed by atoms with Crippen LogP contribution in [0, 0.1) is 12.7 Å². The van der Waals surface area contributed by atoms with Crippen LogP contribution in [0.25, 0.3) is 11.2 Å². The Balaban J connectivity index is 1.81. The number of benzene rings is 1. The van der Waals surface area contributed by atoms with E-state index in [1.165, 1.54) is 19.2 Å². The smallest absolute Gasteiger partial charge is 0.295 e. The molecule has 1 aromatic carbocycles. The summed E-state index contributed by atoms with van der Waals surface area (Å²) in [5, 5.41) is 5.99. The number of H-pyrrole nitrogens is 1. The van der Waals surface area contributed by atoms with Crippen molar-refractivity contribution < 1.29 is 21.6 Å². The van der Waals surface area contributed by atoms with Gasteiger partial charge in [-0.05, 0) is 30.7 Å². The van der Waals surface area contributed by atoms with Crippen molar-refractivity contribution in [2.24, 2.45) is 0 Å². The molecule has 0 bridgehead atoms. The molecule has 0 aliphatic carbocycles. The van der Waals surface area contributed by atoms with Crippen LogP contribution in [0.3, 0.4) is 0 Å². The molecule has 0 amide bonds. The average Bonchev–Trinajstić information content (AvgIpc) is 3.20. The minimum Gasteiger partial charge on any atom is -0.352 e. The number of anilines is 5. The molecule has 34 heavy (non-hydrogen) atoms. The van der Waals surface area contributed by atoms with Crippen molar-refractivity contribution in [2.75, 3.05) is 28.2 Å². The highest BCUT2D eigenvalue weighted by atomic mass is 32.2. The third-order valence-electron chi connectivity index (χ3n) is 4.99. The van der Waals surface area contributed by atoms with Crippen molar-refractivity contribution in [3.63, 3.8) is 0 Å². The van der Waals surface area contributed by atoms with Crippen LogP contribution in [0.2, 0.25) is 0 Å². The number of aromatic amines is 1. The third kappa shape index (κ3) is 4.73. The van der Waals surface area contributed by atoms with E-state index < -0.39 is 28.1 Å². The van der Waals surface area contributed by atoms with Crippen LogP contribution in [0.5, 0.6) is 0 Å². The van der Waals surface area contributed by atoms with E-state index in [-0.39, 0.29) is 22.7 Å². The zero-order chi connectivity index (χ0) is 24.6. The summed E-state index contributed by atoms with van der Waals surface area (Å²) in [6, 6.07) is 9.59. The number of rotatable bonds is 7. The lowest BCUT2D eigenvalue weighted by molar-refractivity contribution is 0.142. The number of fused-ring (bicyclic) bond motifs is 1. The van der Waals surface area contributed by atoms with Gasteiger partial charge in [-0.3, -0.25) is 4.31 Å². The van der Waals surface area contributed by atoms with Crippen molar-refractivity contribution in [2.45, 2.75) is 13.3 Å². The van der Waals surface area contributed by atoms with E-state index >= 15 is 0 Å². The average molecular weight is 491 g/mol. The van der Waals surface area contributed by atoms with Gasteiger partial charge in [0, 0.05) is 13.1 Å². The molecule has 4 rings (SSSR count). The summed E-state index contributed by atoms with van der Waals surface area (Å²) in [6.07, 6.45) is -0.738. The topological polar surface area (TPSA) is 116 Å². The molecular weight excluding hydrogens is 471 g/mol. The van der Waals surface area contributed by atoms with E-state index in [2.05, 4.69) is 30.6 Å². The molecule has 0 unspecified atom stereocenters. The van der Waals surface area contributed by atoms with E-state index in [9.17, 15) is 21.6 Å². The molecule has 4 aromatic rings. The predicted molar refractivity (Wildman–Crippen MR) is 124 cm³/mol. The Bertz CT molecular complexity index is 1470. The molecule has 0 saturated heterocycles. The minimum absolute atomic E-state index is 0.0654. The number of sulfonamides is 1. The highest BCUT2D eigenvalue weighted by Gasteiger charge is 2.20. The summed E-state index contributed by atoms with van der Waals surface area (Å²) < 4.78 is 65.5. The van der Waals surface area contributed by atoms with E-state index in [0.29, 0.717) is 22.8 Å². The van der Waals surface area contributed by atoms with Gasteiger partial charge < -0.3 is 15.6 Å². The number of alkyl halides is 2. The van der Waals surface area contributed by atoms with Crippen LogP contribution in [0.1, 0.15) is 17.8 Å². The van der Waals surface area contributed by atoms with E-state index in [1.807, 2.05) is 0 Å². The Hall–Kier alpha value is -3.87. The summed E-state index contributed by atoms with van der Waals surface area (Å²) in [6.45, 7) is 1.57. The first-order chi connectivity index (χ1) is 16.0. The number of aryl methyl sites for hydroxylation is 1. The summed E-state index contributed by atoms with van der Waals surface area (Å²) in [7, 11) is -2.17. The number of imidazole rings is 1. The molecule has 0 aliphatic heterocycles. The molecule has 0 spiro atoms. The first-order valence-electron chi connectivity index (χ1n) is 9.91. The second-order valence-corrected chi connectivity index (χ2v) is 9.51. The van der Waals surface area contributed by atoms with Gasteiger partial charge in [-0.1, -0.05) is 12.1 Å². The number of aromatic nitrogens is 4. The quantitative estimate of drug-likeness (QED) is 0.345. The van der Waals surface area contributed by atoms with Crippen molar-refractivity contribution in [3.05, 3.63) is 59.8 Å². The highest BCUT2D eigenvalue weighted by Crippen LogP contribution is 2.34. The second kappa shape index (κ2) is 8.82. The highest BCUT2D eigenvalue weighted by molar-refractivity contribution is 7.92. The predicted octanol–water partition coefficient (Wildman–Crippen LogP) is 4.62. The summed E-state index contributed by atoms with van der Waals surface area (Å²) in [5.41, 5.74) is 1.56. The van der Waals surface area contributed by atoms with Gasteiger partial charge in [0.2, 0.25) is 10.0 Å². The fourth-order valence-corrected chi connectivity index (χ4v) is 3.70. The largest absolute Gasteiger partial charge is 0.352 e. The van der Waals surface area contributed by atoms with Crippen LogP contribution < -0.4 is 14.9 Å². The zero-order valence-electron chi connectivity index (χ0n) is 18.3. The van der Waals surface area contributed by atoms with Gasteiger partial charge in [0.05, 0.1) is 29.5 Å². The molecule has 0 radical (unpaired) electrons. The standard InChI is InChI=1S/C21H20F3N7O2S/c1-11-8-16(25-10-12(11)22)27-17-9-14(18-20(28-17)30-21(29-18)19(23)24)26-13-6-4-5-7-15(13)31(2)34(3,32)33/h4-10,19H,1-3H3,(H3,25,26,27,28,29,30). The van der Waals surface area contributed by atoms with Gasteiger partial charge in [-0.15, -0.1) is 0 Å². The lowest BCUT2D eigenvalue weighted by atomic mass is 10.2. The number of halogens is 3. The Labute approximate surface area is 193 Å². The van der Waals surface area contributed by atoms with E-state index in [1.54, 1.807) is 31.2 Å². The van der Waals surface area contributed by atoms with Gasteiger partial charge >= 0.3 is 0 Å². The molecule has 9 nitrogen and oxygen atoms in total. The zero-order valence-corrected chi connectivity index (χ0v) is 19.1. The molecule has 0 aliphatic rings. The Morgan fingerprint density at radius 1 is 1.06 bits per heavy atom. The number of nitrogens with zero attached hydrogens (tertiary/aromatic N) is 4. The van der Waals surface area contributed by atoms with Gasteiger partial charge in [0.15, 0.2) is 11.5 Å². The number of hydrogen-bond donors (Lipinski definition) is 3. The van der Waals surface area contributed by atoms with Crippen LogP contribution >= 0.6 is 0 Å². The number of hydrogen-bond acceptors (Lipinski definition) is 7. The van der Waals surface area contributed by atoms with Gasteiger partial charge in [-0.25, -0.2) is 36.5 Å². The lowest BCUT2D eigenvalue weighted by Crippen LogP contribution is -2.25. The first-order valence-corrected chi connectivity index (χ1v) is 11.8. The summed E-state index contributed by atoms with van der Waals surface area (Å²) in [4.78, 5) is 14.7. The molecule has 13 heteroatoms. The van der Waals surface area contributed by atoms with Crippen molar-refractivity contribution in [1.82, 2.24) is 19.9 Å². The van der Waals surface area contributed by atoms with Crippen LogP contribution in [0.4, 0.5) is 41.9 Å². The van der Waals surface area contributed by atoms with Crippen molar-refractivity contribution in [1.29, 1.82) is 0 Å². The van der Waals surface area contributed by atoms with Gasteiger partial charge in [-0.2, -0.15) is 0 Å². The molecule has 3 aromatic heterocycles. The monoisotopic (exact) mass is 491 g/mol. The molecule has 0 atom stereocenters. The maximum Gasteiger partial charge on any atom is 0.295 e. The minimum atomic E-state index is -3.57. The maximum absolute atomic E-state index is 13.6. The summed E-state index contributed by atoms with van der Waals surface area (Å²) in [5.74, 6) is -0.535. The maximum atomic E-state index is 13.6. The lowest BCUT2D eigenvalue weighted by Gasteiger charge is -2.21.